The van der Waals surface area contributed by atoms with Gasteiger partial charge < -0.3 is 9.47 Å². The average molecular weight is 333 g/mol. The van der Waals surface area contributed by atoms with Crippen molar-refractivity contribution in [3.63, 3.8) is 0 Å². The number of halogens is 2. The predicted molar refractivity (Wildman–Crippen MR) is 81.7 cm³/mol. The van der Waals surface area contributed by atoms with Gasteiger partial charge in [0.05, 0.1) is 6.61 Å². The highest BCUT2D eigenvalue weighted by molar-refractivity contribution is 6.34. The van der Waals surface area contributed by atoms with E-state index < -0.39 is 17.4 Å². The number of ether oxygens (including phenoxy) is 2. The number of benzene rings is 1. The first-order chi connectivity index (χ1) is 9.89. The molecule has 0 unspecified atom stereocenters. The Morgan fingerprint density at radius 1 is 1.00 bits per heavy atom. The molecule has 0 aliphatic rings. The number of hydrogen-bond donors (Lipinski definition) is 0. The lowest BCUT2D eigenvalue weighted by molar-refractivity contribution is -0.167. The van der Waals surface area contributed by atoms with Gasteiger partial charge in [-0.2, -0.15) is 0 Å². The largest absolute Gasteiger partial charge is 0.465 e. The molecule has 0 spiro atoms. The van der Waals surface area contributed by atoms with Gasteiger partial charge in [0.1, 0.15) is 5.75 Å². The van der Waals surface area contributed by atoms with Crippen LogP contribution < -0.4 is 4.74 Å². The van der Waals surface area contributed by atoms with Crippen molar-refractivity contribution in [2.75, 3.05) is 6.61 Å². The van der Waals surface area contributed by atoms with Crippen LogP contribution in [-0.4, -0.2) is 18.5 Å². The smallest absolute Gasteiger partial charge is 0.328 e. The van der Waals surface area contributed by atoms with E-state index in [-0.39, 0.29) is 25.2 Å². The molecule has 0 radical (unpaired) electrons. The van der Waals surface area contributed by atoms with Crippen LogP contribution in [0.1, 0.15) is 33.6 Å². The van der Waals surface area contributed by atoms with E-state index in [9.17, 15) is 9.59 Å². The molecule has 0 bridgehead atoms. The zero-order valence-electron chi connectivity index (χ0n) is 12.2. The molecule has 0 aliphatic heterocycles. The van der Waals surface area contributed by atoms with E-state index in [0.717, 1.165) is 0 Å². The van der Waals surface area contributed by atoms with Crippen molar-refractivity contribution in [2.24, 2.45) is 5.41 Å². The summed E-state index contributed by atoms with van der Waals surface area (Å²) in [5, 5.41) is 0.695. The summed E-state index contributed by atoms with van der Waals surface area (Å²) in [6.07, 6.45) is 0.574. The highest BCUT2D eigenvalue weighted by atomic mass is 35.5. The Morgan fingerprint density at radius 3 is 1.95 bits per heavy atom. The molecule has 116 valence electrons. The molecule has 0 aromatic heterocycles. The van der Waals surface area contributed by atoms with Gasteiger partial charge in [0.25, 0.3) is 0 Å². The first kappa shape index (κ1) is 17.8. The Labute approximate surface area is 134 Å². The van der Waals surface area contributed by atoms with E-state index in [1.807, 2.05) is 0 Å². The second-order valence-corrected chi connectivity index (χ2v) is 5.38. The summed E-state index contributed by atoms with van der Waals surface area (Å²) < 4.78 is 10.3. The number of rotatable bonds is 6. The molecule has 0 atom stereocenters. The molecule has 0 N–H and O–H groups in total. The lowest BCUT2D eigenvalue weighted by Crippen LogP contribution is -2.42. The summed E-state index contributed by atoms with van der Waals surface area (Å²) in [5.74, 6) is -1.04. The van der Waals surface area contributed by atoms with Gasteiger partial charge in [-0.3, -0.25) is 9.59 Å². The van der Waals surface area contributed by atoms with Crippen molar-refractivity contribution >= 4 is 35.1 Å². The Morgan fingerprint density at radius 2 is 1.52 bits per heavy atom. The van der Waals surface area contributed by atoms with Gasteiger partial charge in [-0.05, 0) is 38.0 Å². The van der Waals surface area contributed by atoms with E-state index in [1.165, 1.54) is 18.2 Å². The van der Waals surface area contributed by atoms with E-state index in [4.69, 9.17) is 32.7 Å². The molecule has 0 saturated carbocycles. The van der Waals surface area contributed by atoms with Gasteiger partial charge in [-0.1, -0.05) is 37.0 Å². The third-order valence-corrected chi connectivity index (χ3v) is 3.75. The summed E-state index contributed by atoms with van der Waals surface area (Å²) in [7, 11) is 0. The molecule has 0 fully saturated rings. The standard InChI is InChI=1S/C15H18Cl2O4/c1-4-15(5-2,13(18)20-6-3)14(19)21-12-8-10(16)7-11(17)9-12/h7-9H,4-6H2,1-3H3. The van der Waals surface area contributed by atoms with Crippen molar-refractivity contribution in [2.45, 2.75) is 33.6 Å². The van der Waals surface area contributed by atoms with Crippen LogP contribution in [0.3, 0.4) is 0 Å². The Bertz CT molecular complexity index is 504. The van der Waals surface area contributed by atoms with Crippen LogP contribution in [0.25, 0.3) is 0 Å². The van der Waals surface area contributed by atoms with Crippen LogP contribution in [-0.2, 0) is 14.3 Å². The van der Waals surface area contributed by atoms with Gasteiger partial charge in [-0.15, -0.1) is 0 Å². The lowest BCUT2D eigenvalue weighted by Gasteiger charge is -2.26. The topological polar surface area (TPSA) is 52.6 Å². The lowest BCUT2D eigenvalue weighted by atomic mass is 9.82. The normalized spacial score (nSPS) is 11.1. The number of esters is 2. The molecule has 1 aromatic rings. The Balaban J connectivity index is 3.04. The minimum Gasteiger partial charge on any atom is -0.465 e. The molecule has 0 amide bonds. The van der Waals surface area contributed by atoms with Crippen molar-refractivity contribution in [1.29, 1.82) is 0 Å². The Kier molecular flexibility index (Phi) is 6.49. The third kappa shape index (κ3) is 4.11. The summed E-state index contributed by atoms with van der Waals surface area (Å²) >= 11 is 11.7. The summed E-state index contributed by atoms with van der Waals surface area (Å²) in [5.41, 5.74) is -1.31. The first-order valence-electron chi connectivity index (χ1n) is 6.75. The van der Waals surface area contributed by atoms with E-state index in [1.54, 1.807) is 20.8 Å². The van der Waals surface area contributed by atoms with E-state index >= 15 is 0 Å². The highest BCUT2D eigenvalue weighted by Crippen LogP contribution is 2.32. The quantitative estimate of drug-likeness (QED) is 0.443. The average Bonchev–Trinajstić information content (AvgIpc) is 2.39. The van der Waals surface area contributed by atoms with Crippen LogP contribution in [0.15, 0.2) is 18.2 Å². The molecular formula is C15H18Cl2O4. The maximum atomic E-state index is 12.4. The molecule has 0 aliphatic carbocycles. The van der Waals surface area contributed by atoms with Gasteiger partial charge in [0.15, 0.2) is 5.41 Å². The summed E-state index contributed by atoms with van der Waals surface area (Å²) in [6, 6.07) is 4.46. The van der Waals surface area contributed by atoms with Crippen LogP contribution in [0.5, 0.6) is 5.75 Å². The van der Waals surface area contributed by atoms with Crippen molar-refractivity contribution in [3.8, 4) is 5.75 Å². The SMILES string of the molecule is CCOC(=O)C(CC)(CC)C(=O)Oc1cc(Cl)cc(Cl)c1. The second-order valence-electron chi connectivity index (χ2n) is 4.50. The molecular weight excluding hydrogens is 315 g/mol. The minimum absolute atomic E-state index is 0.202. The minimum atomic E-state index is -1.31. The molecule has 21 heavy (non-hydrogen) atoms. The number of hydrogen-bond acceptors (Lipinski definition) is 4. The molecule has 6 heteroatoms. The van der Waals surface area contributed by atoms with Gasteiger partial charge in [0, 0.05) is 10.0 Å². The van der Waals surface area contributed by atoms with Gasteiger partial charge in [-0.25, -0.2) is 0 Å². The van der Waals surface area contributed by atoms with Gasteiger partial charge in [0.2, 0.25) is 0 Å². The monoisotopic (exact) mass is 332 g/mol. The second kappa shape index (κ2) is 7.66. The molecule has 1 aromatic carbocycles. The zero-order chi connectivity index (χ0) is 16.0. The third-order valence-electron chi connectivity index (χ3n) is 3.31. The molecule has 0 heterocycles. The number of carbonyl (C=O) groups excluding carboxylic acids is 2. The fraction of sp³-hybridized carbons (Fsp3) is 0.467. The number of carbonyl (C=O) groups is 2. The van der Waals surface area contributed by atoms with E-state index in [2.05, 4.69) is 0 Å². The molecule has 4 nitrogen and oxygen atoms in total. The van der Waals surface area contributed by atoms with Crippen molar-refractivity contribution in [1.82, 2.24) is 0 Å². The maximum absolute atomic E-state index is 12.4. The summed E-state index contributed by atoms with van der Waals surface area (Å²) in [6.45, 7) is 5.38. The van der Waals surface area contributed by atoms with E-state index in [0.29, 0.717) is 10.0 Å². The first-order valence-corrected chi connectivity index (χ1v) is 7.50. The van der Waals surface area contributed by atoms with Gasteiger partial charge >= 0.3 is 11.9 Å². The van der Waals surface area contributed by atoms with Crippen LogP contribution >= 0.6 is 23.2 Å². The van der Waals surface area contributed by atoms with Crippen LogP contribution in [0, 0.1) is 5.41 Å². The Hall–Kier alpha value is -1.26. The highest BCUT2D eigenvalue weighted by Gasteiger charge is 2.46. The molecule has 0 saturated heterocycles. The maximum Gasteiger partial charge on any atom is 0.328 e. The van der Waals surface area contributed by atoms with Crippen LogP contribution in [0.2, 0.25) is 10.0 Å². The fourth-order valence-corrected chi connectivity index (χ4v) is 2.48. The molecule has 1 rings (SSSR count). The zero-order valence-corrected chi connectivity index (χ0v) is 13.8. The van der Waals surface area contributed by atoms with Crippen molar-refractivity contribution in [3.05, 3.63) is 28.2 Å². The van der Waals surface area contributed by atoms with Crippen LogP contribution in [0.4, 0.5) is 0 Å². The predicted octanol–water partition coefficient (Wildman–Crippen LogP) is 4.27. The fourth-order valence-electron chi connectivity index (χ4n) is 1.97. The summed E-state index contributed by atoms with van der Waals surface area (Å²) in [4.78, 5) is 24.5. The van der Waals surface area contributed by atoms with Crippen molar-refractivity contribution < 1.29 is 19.1 Å².